The molecule has 0 bridgehead atoms. The van der Waals surface area contributed by atoms with E-state index in [9.17, 15) is 9.59 Å². The van der Waals surface area contributed by atoms with Gasteiger partial charge in [-0.3, -0.25) is 9.59 Å². The normalized spacial score (nSPS) is 47.2. The van der Waals surface area contributed by atoms with E-state index in [1.165, 1.54) is 18.9 Å². The van der Waals surface area contributed by atoms with Gasteiger partial charge < -0.3 is 4.74 Å². The molecule has 26 heavy (non-hydrogen) atoms. The molecular formula is C22H31ClO3. The monoisotopic (exact) mass is 378 g/mol. The Morgan fingerprint density at radius 1 is 1.12 bits per heavy atom. The van der Waals surface area contributed by atoms with E-state index in [-0.39, 0.29) is 34.1 Å². The van der Waals surface area contributed by atoms with Gasteiger partial charge in [-0.05, 0) is 85.1 Å². The molecule has 7 atom stereocenters. The molecule has 0 unspecified atom stereocenters. The summed E-state index contributed by atoms with van der Waals surface area (Å²) < 4.78 is 5.52. The van der Waals surface area contributed by atoms with Crippen molar-refractivity contribution in [1.82, 2.24) is 0 Å². The minimum atomic E-state index is -0.163. The number of fused-ring (bicyclic) bond motifs is 5. The van der Waals surface area contributed by atoms with Gasteiger partial charge in [-0.2, -0.15) is 0 Å². The van der Waals surface area contributed by atoms with Gasteiger partial charge in [0.15, 0.2) is 0 Å². The lowest BCUT2D eigenvalue weighted by Gasteiger charge is -2.57. The largest absolute Gasteiger partial charge is 0.462 e. The molecule has 0 saturated heterocycles. The zero-order valence-electron chi connectivity index (χ0n) is 16.2. The van der Waals surface area contributed by atoms with E-state index in [0.717, 1.165) is 44.9 Å². The second-order valence-electron chi connectivity index (χ2n) is 9.71. The molecule has 0 aromatic heterocycles. The average Bonchev–Trinajstić information content (AvgIpc) is 2.92. The number of ether oxygens (including phenoxy) is 1. The van der Waals surface area contributed by atoms with Crippen LogP contribution in [0.5, 0.6) is 0 Å². The Morgan fingerprint density at radius 3 is 2.58 bits per heavy atom. The predicted molar refractivity (Wildman–Crippen MR) is 102 cm³/mol. The van der Waals surface area contributed by atoms with Crippen LogP contribution in [0, 0.1) is 34.5 Å². The lowest BCUT2D eigenvalue weighted by Crippen LogP contribution is -2.51. The lowest BCUT2D eigenvalue weighted by molar-refractivity contribution is -0.148. The fraction of sp³-hybridized carbons (Fsp3) is 0.818. The van der Waals surface area contributed by atoms with Gasteiger partial charge in [0.2, 0.25) is 5.24 Å². The molecule has 0 aromatic rings. The first kappa shape index (κ1) is 18.5. The molecule has 0 N–H and O–H groups in total. The number of hydrogen-bond donors (Lipinski definition) is 0. The van der Waals surface area contributed by atoms with Gasteiger partial charge in [-0.1, -0.05) is 25.5 Å². The van der Waals surface area contributed by atoms with Gasteiger partial charge in [0.1, 0.15) is 6.10 Å². The zero-order chi connectivity index (χ0) is 18.7. The number of rotatable bonds is 2. The van der Waals surface area contributed by atoms with Crippen LogP contribution >= 0.6 is 11.6 Å². The van der Waals surface area contributed by atoms with Crippen LogP contribution in [0.15, 0.2) is 11.6 Å². The van der Waals surface area contributed by atoms with Crippen molar-refractivity contribution in [3.8, 4) is 0 Å². The topological polar surface area (TPSA) is 43.4 Å². The van der Waals surface area contributed by atoms with Gasteiger partial charge in [-0.25, -0.2) is 0 Å². The highest BCUT2D eigenvalue weighted by atomic mass is 35.5. The maximum absolute atomic E-state index is 12.0. The first-order valence-electron chi connectivity index (χ1n) is 10.3. The Kier molecular flexibility index (Phi) is 4.53. The van der Waals surface area contributed by atoms with E-state index in [0.29, 0.717) is 17.8 Å². The molecule has 4 aliphatic rings. The second kappa shape index (κ2) is 6.36. The highest BCUT2D eigenvalue weighted by Crippen LogP contribution is 2.66. The van der Waals surface area contributed by atoms with Crippen molar-refractivity contribution in [3.63, 3.8) is 0 Å². The number of halogens is 1. The molecule has 3 fully saturated rings. The van der Waals surface area contributed by atoms with E-state index >= 15 is 0 Å². The van der Waals surface area contributed by atoms with Gasteiger partial charge in [0.05, 0.1) is 0 Å². The molecule has 4 aliphatic carbocycles. The summed E-state index contributed by atoms with van der Waals surface area (Å²) >= 11 is 5.97. The summed E-state index contributed by atoms with van der Waals surface area (Å²) in [5.74, 6) is 1.88. The van der Waals surface area contributed by atoms with Crippen molar-refractivity contribution in [2.45, 2.75) is 78.2 Å². The van der Waals surface area contributed by atoms with Gasteiger partial charge in [-0.15, -0.1) is 0 Å². The number of carbonyl (C=O) groups is 2. The number of carbonyl (C=O) groups excluding carboxylic acids is 2. The summed E-state index contributed by atoms with van der Waals surface area (Å²) in [7, 11) is 0. The van der Waals surface area contributed by atoms with Crippen molar-refractivity contribution in [3.05, 3.63) is 11.6 Å². The molecule has 144 valence electrons. The molecule has 0 amide bonds. The number of allylic oxidation sites excluding steroid dienone is 1. The predicted octanol–water partition coefficient (Wildman–Crippen LogP) is 5.26. The van der Waals surface area contributed by atoms with Crippen LogP contribution in [0.3, 0.4) is 0 Å². The Labute approximate surface area is 161 Å². The molecule has 3 saturated carbocycles. The fourth-order valence-corrected chi connectivity index (χ4v) is 7.69. The maximum atomic E-state index is 12.0. The highest BCUT2D eigenvalue weighted by Gasteiger charge is 2.59. The van der Waals surface area contributed by atoms with E-state index < -0.39 is 0 Å². The Balaban J connectivity index is 1.59. The number of hydrogen-bond acceptors (Lipinski definition) is 3. The van der Waals surface area contributed by atoms with E-state index in [4.69, 9.17) is 16.3 Å². The standard InChI is InChI=1S/C22H31ClO3/c1-13(24)26-15-8-10-21(2)14(12-15)4-5-16-17-6-7-19(20(23)25)22(17,3)11-9-18(16)21/h4,15-19H,5-12H2,1-3H3/t15-,16-,17-,18-,19+,21-,22-/m0/s1. The third kappa shape index (κ3) is 2.68. The SMILES string of the molecule is CC(=O)O[C@H]1CC[C@@]2(C)C(=CC[C@H]3[C@@H]4CC[C@H](C(=O)Cl)[C@@]4(C)CC[C@@H]32)C1. The van der Waals surface area contributed by atoms with Gasteiger partial charge >= 0.3 is 5.97 Å². The van der Waals surface area contributed by atoms with E-state index in [1.807, 2.05) is 0 Å². The summed E-state index contributed by atoms with van der Waals surface area (Å²) in [4.78, 5) is 23.3. The quantitative estimate of drug-likeness (QED) is 0.374. The van der Waals surface area contributed by atoms with Crippen molar-refractivity contribution < 1.29 is 14.3 Å². The molecule has 0 aromatic carbocycles. The van der Waals surface area contributed by atoms with Crippen LogP contribution in [-0.4, -0.2) is 17.3 Å². The van der Waals surface area contributed by atoms with E-state index in [1.54, 1.807) is 0 Å². The Bertz CT molecular complexity index is 656. The molecule has 0 radical (unpaired) electrons. The highest BCUT2D eigenvalue weighted by molar-refractivity contribution is 6.64. The fourth-order valence-electron chi connectivity index (χ4n) is 7.34. The lowest BCUT2D eigenvalue weighted by atomic mass is 9.47. The number of esters is 1. The third-order valence-electron chi connectivity index (χ3n) is 8.67. The molecule has 3 nitrogen and oxygen atoms in total. The minimum absolute atomic E-state index is 0.0491. The van der Waals surface area contributed by atoms with Gasteiger partial charge in [0.25, 0.3) is 0 Å². The van der Waals surface area contributed by atoms with Gasteiger partial charge in [0, 0.05) is 19.3 Å². The molecular weight excluding hydrogens is 348 g/mol. The average molecular weight is 379 g/mol. The summed E-state index contributed by atoms with van der Waals surface area (Å²) in [6, 6.07) is 0. The van der Waals surface area contributed by atoms with Crippen LogP contribution in [0.1, 0.15) is 72.1 Å². The second-order valence-corrected chi connectivity index (χ2v) is 10.1. The van der Waals surface area contributed by atoms with Crippen LogP contribution in [0.25, 0.3) is 0 Å². The summed E-state index contributed by atoms with van der Waals surface area (Å²) in [6.45, 7) is 6.28. The minimum Gasteiger partial charge on any atom is -0.462 e. The molecule has 0 aliphatic heterocycles. The molecule has 0 heterocycles. The summed E-state index contributed by atoms with van der Waals surface area (Å²) in [6.07, 6.45) is 11.1. The third-order valence-corrected chi connectivity index (χ3v) is 8.93. The van der Waals surface area contributed by atoms with Crippen LogP contribution < -0.4 is 0 Å². The van der Waals surface area contributed by atoms with E-state index in [2.05, 4.69) is 19.9 Å². The van der Waals surface area contributed by atoms with Crippen molar-refractivity contribution in [2.75, 3.05) is 0 Å². The van der Waals surface area contributed by atoms with Crippen LogP contribution in [-0.2, 0) is 14.3 Å². The zero-order valence-corrected chi connectivity index (χ0v) is 17.0. The van der Waals surface area contributed by atoms with Crippen molar-refractivity contribution >= 4 is 22.8 Å². The van der Waals surface area contributed by atoms with Crippen LogP contribution in [0.4, 0.5) is 0 Å². The molecule has 0 spiro atoms. The van der Waals surface area contributed by atoms with Crippen molar-refractivity contribution in [1.29, 1.82) is 0 Å². The first-order valence-corrected chi connectivity index (χ1v) is 10.7. The Hall–Kier alpha value is -0.830. The van der Waals surface area contributed by atoms with Crippen LogP contribution in [0.2, 0.25) is 0 Å². The molecule has 4 heteroatoms. The van der Waals surface area contributed by atoms with Crippen molar-refractivity contribution in [2.24, 2.45) is 34.5 Å². The molecule has 4 rings (SSSR count). The summed E-state index contributed by atoms with van der Waals surface area (Å²) in [5.41, 5.74) is 1.85. The first-order chi connectivity index (χ1) is 12.3. The Morgan fingerprint density at radius 2 is 1.88 bits per heavy atom. The smallest absolute Gasteiger partial charge is 0.302 e. The maximum Gasteiger partial charge on any atom is 0.302 e. The summed E-state index contributed by atoms with van der Waals surface area (Å²) in [5, 5.41) is -0.117.